The number of halogens is 1. The summed E-state index contributed by atoms with van der Waals surface area (Å²) in [6.45, 7) is 2.96. The molecule has 0 radical (unpaired) electrons. The minimum Gasteiger partial charge on any atom is -0.396 e. The molecular formula is C11H16ClN3O2. The van der Waals surface area contributed by atoms with Crippen molar-refractivity contribution in [3.05, 3.63) is 22.8 Å². The summed E-state index contributed by atoms with van der Waals surface area (Å²) in [5, 5.41) is 9.05. The van der Waals surface area contributed by atoms with Crippen LogP contribution in [-0.4, -0.2) is 40.6 Å². The minimum atomic E-state index is -0.194. The Hall–Kier alpha value is -1.33. The van der Waals surface area contributed by atoms with Crippen LogP contribution in [0.2, 0.25) is 5.02 Å². The first-order chi connectivity index (χ1) is 8.10. The monoisotopic (exact) mass is 257 g/mol. The number of aliphatic hydroxyl groups excluding tert-OH is 1. The van der Waals surface area contributed by atoms with E-state index in [-0.39, 0.29) is 23.4 Å². The smallest absolute Gasteiger partial charge is 0.255 e. The van der Waals surface area contributed by atoms with Crippen LogP contribution in [-0.2, 0) is 0 Å². The van der Waals surface area contributed by atoms with Crippen molar-refractivity contribution in [1.29, 1.82) is 0 Å². The molecule has 1 aromatic heterocycles. The van der Waals surface area contributed by atoms with E-state index in [0.717, 1.165) is 0 Å². The van der Waals surface area contributed by atoms with Crippen molar-refractivity contribution in [3.63, 3.8) is 0 Å². The molecule has 0 spiro atoms. The van der Waals surface area contributed by atoms with Crippen LogP contribution < -0.4 is 5.73 Å². The van der Waals surface area contributed by atoms with E-state index in [1.807, 2.05) is 6.92 Å². The quantitative estimate of drug-likeness (QED) is 0.830. The highest BCUT2D eigenvalue weighted by atomic mass is 35.5. The molecule has 1 amide bonds. The van der Waals surface area contributed by atoms with Crippen molar-refractivity contribution in [2.45, 2.75) is 13.3 Å². The lowest BCUT2D eigenvalue weighted by molar-refractivity contribution is 0.0754. The van der Waals surface area contributed by atoms with Crippen LogP contribution in [0.1, 0.15) is 23.7 Å². The van der Waals surface area contributed by atoms with Crippen LogP contribution in [0.5, 0.6) is 0 Å². The number of anilines is 1. The van der Waals surface area contributed by atoms with Gasteiger partial charge in [0.05, 0.1) is 10.6 Å². The molecule has 3 N–H and O–H groups in total. The lowest BCUT2D eigenvalue weighted by Gasteiger charge is -2.21. The molecular weight excluding hydrogens is 242 g/mol. The van der Waals surface area contributed by atoms with Gasteiger partial charge in [-0.05, 0) is 19.4 Å². The minimum absolute atomic E-state index is 0.0516. The van der Waals surface area contributed by atoms with Gasteiger partial charge in [0.25, 0.3) is 5.91 Å². The van der Waals surface area contributed by atoms with E-state index < -0.39 is 0 Å². The maximum absolute atomic E-state index is 12.1. The van der Waals surface area contributed by atoms with E-state index in [1.54, 1.807) is 4.90 Å². The van der Waals surface area contributed by atoms with E-state index in [1.165, 1.54) is 12.3 Å². The fourth-order valence-corrected chi connectivity index (χ4v) is 1.64. The van der Waals surface area contributed by atoms with Gasteiger partial charge in [-0.25, -0.2) is 4.98 Å². The number of rotatable bonds is 5. The lowest BCUT2D eigenvalue weighted by Crippen LogP contribution is -2.32. The number of hydrogen-bond acceptors (Lipinski definition) is 4. The van der Waals surface area contributed by atoms with Crippen molar-refractivity contribution < 1.29 is 9.90 Å². The van der Waals surface area contributed by atoms with E-state index >= 15 is 0 Å². The highest BCUT2D eigenvalue weighted by molar-refractivity contribution is 6.33. The Balaban J connectivity index is 2.89. The molecule has 1 heterocycles. The zero-order valence-electron chi connectivity index (χ0n) is 9.69. The first-order valence-electron chi connectivity index (χ1n) is 5.41. The van der Waals surface area contributed by atoms with Crippen LogP contribution >= 0.6 is 11.6 Å². The average molecular weight is 258 g/mol. The van der Waals surface area contributed by atoms with E-state index in [0.29, 0.717) is 25.1 Å². The Morgan fingerprint density at radius 3 is 2.94 bits per heavy atom. The second-order valence-corrected chi connectivity index (χ2v) is 3.96. The SMILES string of the molecule is CCN(CCCO)C(=O)c1cc(N)ncc1Cl. The lowest BCUT2D eigenvalue weighted by atomic mass is 10.2. The molecule has 0 aliphatic carbocycles. The second-order valence-electron chi connectivity index (χ2n) is 3.55. The highest BCUT2D eigenvalue weighted by Crippen LogP contribution is 2.18. The van der Waals surface area contributed by atoms with E-state index in [9.17, 15) is 4.79 Å². The number of pyridine rings is 1. The third-order valence-corrected chi connectivity index (χ3v) is 2.66. The van der Waals surface area contributed by atoms with Crippen LogP contribution in [0.15, 0.2) is 12.3 Å². The summed E-state index contributed by atoms with van der Waals surface area (Å²) >= 11 is 5.91. The highest BCUT2D eigenvalue weighted by Gasteiger charge is 2.17. The molecule has 94 valence electrons. The second kappa shape index (κ2) is 6.42. The molecule has 0 saturated carbocycles. The average Bonchev–Trinajstić information content (AvgIpc) is 2.33. The van der Waals surface area contributed by atoms with Crippen LogP contribution in [0, 0.1) is 0 Å². The summed E-state index contributed by atoms with van der Waals surface area (Å²) in [6, 6.07) is 1.46. The fourth-order valence-electron chi connectivity index (χ4n) is 1.45. The van der Waals surface area contributed by atoms with Gasteiger partial charge >= 0.3 is 0 Å². The molecule has 0 aliphatic heterocycles. The molecule has 0 unspecified atom stereocenters. The summed E-state index contributed by atoms with van der Waals surface area (Å²) < 4.78 is 0. The number of nitrogen functional groups attached to an aromatic ring is 1. The van der Waals surface area contributed by atoms with Gasteiger partial charge in [-0.3, -0.25) is 4.79 Å². The number of amides is 1. The number of nitrogens with zero attached hydrogens (tertiary/aromatic N) is 2. The molecule has 0 atom stereocenters. The van der Waals surface area contributed by atoms with E-state index in [2.05, 4.69) is 4.98 Å². The Kier molecular flexibility index (Phi) is 5.18. The van der Waals surface area contributed by atoms with Crippen molar-refractivity contribution in [3.8, 4) is 0 Å². The number of aliphatic hydroxyl groups is 1. The van der Waals surface area contributed by atoms with Gasteiger partial charge in [-0.1, -0.05) is 11.6 Å². The van der Waals surface area contributed by atoms with Gasteiger partial charge in [0.1, 0.15) is 5.82 Å². The van der Waals surface area contributed by atoms with Gasteiger partial charge in [0.15, 0.2) is 0 Å². The topological polar surface area (TPSA) is 79.5 Å². The third kappa shape index (κ3) is 3.57. The van der Waals surface area contributed by atoms with Crippen molar-refractivity contribution in [2.24, 2.45) is 0 Å². The molecule has 1 rings (SSSR count). The van der Waals surface area contributed by atoms with Gasteiger partial charge < -0.3 is 15.7 Å². The maximum atomic E-state index is 12.1. The van der Waals surface area contributed by atoms with Crippen molar-refractivity contribution in [1.82, 2.24) is 9.88 Å². The Morgan fingerprint density at radius 1 is 1.65 bits per heavy atom. The molecule has 1 aromatic rings. The van der Waals surface area contributed by atoms with Gasteiger partial charge in [0.2, 0.25) is 0 Å². The zero-order valence-corrected chi connectivity index (χ0v) is 10.4. The maximum Gasteiger partial charge on any atom is 0.255 e. The Labute approximate surface area is 105 Å². The normalized spacial score (nSPS) is 10.3. The molecule has 5 nitrogen and oxygen atoms in total. The van der Waals surface area contributed by atoms with Gasteiger partial charge in [0, 0.05) is 25.9 Å². The number of hydrogen-bond donors (Lipinski definition) is 2. The van der Waals surface area contributed by atoms with Crippen LogP contribution in [0.4, 0.5) is 5.82 Å². The summed E-state index contributed by atoms with van der Waals surface area (Å²) in [5.41, 5.74) is 5.87. The van der Waals surface area contributed by atoms with Crippen LogP contribution in [0.25, 0.3) is 0 Å². The molecule has 17 heavy (non-hydrogen) atoms. The van der Waals surface area contributed by atoms with Crippen molar-refractivity contribution in [2.75, 3.05) is 25.4 Å². The fraction of sp³-hybridized carbons (Fsp3) is 0.455. The standard InChI is InChI=1S/C11H16ClN3O2/c1-2-15(4-3-5-16)11(17)8-6-10(13)14-7-9(8)12/h6-7,16H,2-5H2,1H3,(H2,13,14). The Bertz CT molecular complexity index is 398. The molecule has 6 heteroatoms. The first-order valence-corrected chi connectivity index (χ1v) is 5.79. The first kappa shape index (κ1) is 13.7. The predicted molar refractivity (Wildman–Crippen MR) is 66.9 cm³/mol. The number of carbonyl (C=O) groups is 1. The molecule has 0 saturated heterocycles. The molecule has 0 fully saturated rings. The third-order valence-electron chi connectivity index (χ3n) is 2.36. The Morgan fingerprint density at radius 2 is 2.35 bits per heavy atom. The van der Waals surface area contributed by atoms with E-state index in [4.69, 9.17) is 22.4 Å². The van der Waals surface area contributed by atoms with Crippen LogP contribution in [0.3, 0.4) is 0 Å². The molecule has 0 aliphatic rings. The number of nitrogens with two attached hydrogens (primary N) is 1. The van der Waals surface area contributed by atoms with Gasteiger partial charge in [-0.2, -0.15) is 0 Å². The number of carbonyl (C=O) groups excluding carboxylic acids is 1. The van der Waals surface area contributed by atoms with Gasteiger partial charge in [-0.15, -0.1) is 0 Å². The molecule has 0 bridgehead atoms. The van der Waals surface area contributed by atoms with Crippen molar-refractivity contribution >= 4 is 23.3 Å². The number of aromatic nitrogens is 1. The summed E-state index contributed by atoms with van der Waals surface area (Å²) in [5.74, 6) is 0.0658. The molecule has 0 aromatic carbocycles. The summed E-state index contributed by atoms with van der Waals surface area (Å²) in [7, 11) is 0. The zero-order chi connectivity index (χ0) is 12.8. The summed E-state index contributed by atoms with van der Waals surface area (Å²) in [6.07, 6.45) is 1.90. The predicted octanol–water partition coefficient (Wildman–Crippen LogP) is 1.16. The summed E-state index contributed by atoms with van der Waals surface area (Å²) in [4.78, 5) is 17.5. The largest absolute Gasteiger partial charge is 0.396 e.